The molecule has 4 fully saturated rings. The first-order valence-electron chi connectivity index (χ1n) is 6.92. The van der Waals surface area contributed by atoms with E-state index < -0.39 is 0 Å². The lowest BCUT2D eigenvalue weighted by Gasteiger charge is -2.54. The van der Waals surface area contributed by atoms with Crippen molar-refractivity contribution in [2.24, 2.45) is 29.6 Å². The van der Waals surface area contributed by atoms with Crippen LogP contribution in [0.25, 0.3) is 0 Å². The monoisotopic (exact) mass is 215 g/mol. The van der Waals surface area contributed by atoms with Gasteiger partial charge in [0.15, 0.2) is 0 Å². The maximum atomic E-state index is 9.32. The zero-order valence-corrected chi connectivity index (χ0v) is 10.2. The summed E-state index contributed by atoms with van der Waals surface area (Å²) in [6, 6.07) is 2.49. The molecule has 4 aliphatic carbocycles. The number of nitriles is 1. The Balaban J connectivity index is 1.86. The Morgan fingerprint density at radius 1 is 1.12 bits per heavy atom. The molecule has 4 rings (SSSR count). The molecule has 4 saturated carbocycles. The molecule has 0 radical (unpaired) electrons. The molecule has 0 aromatic rings. The zero-order chi connectivity index (χ0) is 11.1. The Hall–Kier alpha value is -0.770. The summed E-state index contributed by atoms with van der Waals surface area (Å²) >= 11 is 0. The van der Waals surface area contributed by atoms with Gasteiger partial charge in [0.25, 0.3) is 0 Å². The van der Waals surface area contributed by atoms with E-state index in [4.69, 9.17) is 0 Å². The van der Waals surface area contributed by atoms with Crippen molar-refractivity contribution in [2.45, 2.75) is 45.4 Å². The van der Waals surface area contributed by atoms with Crippen molar-refractivity contribution < 1.29 is 0 Å². The molecule has 0 aliphatic heterocycles. The van der Waals surface area contributed by atoms with Gasteiger partial charge in [0, 0.05) is 5.57 Å². The van der Waals surface area contributed by atoms with Crippen LogP contribution in [0, 0.1) is 40.9 Å². The highest BCUT2D eigenvalue weighted by Gasteiger charge is 2.49. The van der Waals surface area contributed by atoms with Crippen LogP contribution in [-0.2, 0) is 0 Å². The van der Waals surface area contributed by atoms with Crippen molar-refractivity contribution in [1.29, 1.82) is 5.26 Å². The van der Waals surface area contributed by atoms with Gasteiger partial charge in [-0.1, -0.05) is 13.0 Å². The standard InChI is InChI=1S/C15H21N/c1-2-3-12(9-16)15-13-5-10-4-11(7-13)8-14(15)6-10/h3,10-11,13-15H,2,4-8H2,1H3/b12-3+. The van der Waals surface area contributed by atoms with Crippen LogP contribution in [0.15, 0.2) is 11.6 Å². The van der Waals surface area contributed by atoms with Crippen LogP contribution in [0.1, 0.15) is 45.4 Å². The molecule has 16 heavy (non-hydrogen) atoms. The smallest absolute Gasteiger partial charge is 0.0946 e. The molecule has 0 heterocycles. The minimum Gasteiger partial charge on any atom is -0.193 e. The topological polar surface area (TPSA) is 23.8 Å². The highest BCUT2D eigenvalue weighted by Crippen LogP contribution is 2.58. The summed E-state index contributed by atoms with van der Waals surface area (Å²) in [6.07, 6.45) is 10.4. The quantitative estimate of drug-likeness (QED) is 0.640. The van der Waals surface area contributed by atoms with Gasteiger partial charge in [0.2, 0.25) is 0 Å². The van der Waals surface area contributed by atoms with Gasteiger partial charge >= 0.3 is 0 Å². The van der Waals surface area contributed by atoms with Crippen LogP contribution in [0.5, 0.6) is 0 Å². The van der Waals surface area contributed by atoms with E-state index in [9.17, 15) is 5.26 Å². The summed E-state index contributed by atoms with van der Waals surface area (Å²) in [5.41, 5.74) is 1.12. The van der Waals surface area contributed by atoms with Crippen LogP contribution < -0.4 is 0 Å². The lowest BCUT2D eigenvalue weighted by molar-refractivity contribution is -0.0192. The second-order valence-electron chi connectivity index (χ2n) is 6.14. The van der Waals surface area contributed by atoms with Crippen molar-refractivity contribution in [3.63, 3.8) is 0 Å². The summed E-state index contributed by atoms with van der Waals surface area (Å²) in [5.74, 6) is 4.38. The molecular weight excluding hydrogens is 194 g/mol. The third-order valence-corrected chi connectivity index (χ3v) is 5.14. The lowest BCUT2D eigenvalue weighted by atomic mass is 9.50. The first-order chi connectivity index (χ1) is 7.81. The molecule has 0 aromatic heterocycles. The Morgan fingerprint density at radius 3 is 2.12 bits per heavy atom. The van der Waals surface area contributed by atoms with Gasteiger partial charge in [-0.05, 0) is 68.1 Å². The fraction of sp³-hybridized carbons (Fsp3) is 0.800. The van der Waals surface area contributed by atoms with E-state index in [1.165, 1.54) is 32.1 Å². The number of hydrogen-bond acceptors (Lipinski definition) is 1. The zero-order valence-electron chi connectivity index (χ0n) is 10.2. The maximum Gasteiger partial charge on any atom is 0.0946 e. The number of rotatable bonds is 2. The van der Waals surface area contributed by atoms with E-state index >= 15 is 0 Å². The molecule has 1 heteroatoms. The molecule has 0 amide bonds. The molecule has 0 spiro atoms. The summed E-state index contributed by atoms with van der Waals surface area (Å²) in [5, 5.41) is 9.32. The molecule has 4 bridgehead atoms. The molecule has 4 aliphatic rings. The lowest BCUT2D eigenvalue weighted by Crippen LogP contribution is -2.45. The second kappa shape index (κ2) is 3.91. The predicted molar refractivity (Wildman–Crippen MR) is 64.5 cm³/mol. The summed E-state index contributed by atoms with van der Waals surface area (Å²) in [7, 11) is 0. The third kappa shape index (κ3) is 1.51. The number of nitrogens with zero attached hydrogens (tertiary/aromatic N) is 1. The van der Waals surface area contributed by atoms with Crippen LogP contribution in [0.3, 0.4) is 0 Å². The van der Waals surface area contributed by atoms with Gasteiger partial charge < -0.3 is 0 Å². The molecule has 1 nitrogen and oxygen atoms in total. The van der Waals surface area contributed by atoms with Crippen molar-refractivity contribution in [1.82, 2.24) is 0 Å². The van der Waals surface area contributed by atoms with E-state index in [1.54, 1.807) is 0 Å². The van der Waals surface area contributed by atoms with Gasteiger partial charge in [-0.15, -0.1) is 0 Å². The van der Waals surface area contributed by atoms with Crippen molar-refractivity contribution in [3.05, 3.63) is 11.6 Å². The minimum absolute atomic E-state index is 0.637. The van der Waals surface area contributed by atoms with E-state index in [0.717, 1.165) is 35.7 Å². The summed E-state index contributed by atoms with van der Waals surface area (Å²) < 4.78 is 0. The van der Waals surface area contributed by atoms with Gasteiger partial charge in [-0.25, -0.2) is 0 Å². The van der Waals surface area contributed by atoms with Crippen LogP contribution in [0.2, 0.25) is 0 Å². The van der Waals surface area contributed by atoms with E-state index in [-0.39, 0.29) is 0 Å². The highest BCUT2D eigenvalue weighted by atomic mass is 14.5. The molecule has 0 unspecified atom stereocenters. The Bertz CT molecular complexity index is 319. The largest absolute Gasteiger partial charge is 0.193 e. The SMILES string of the molecule is CC/C=C(\C#N)C1C2CC3CC(C2)CC1C3. The van der Waals surface area contributed by atoms with Crippen molar-refractivity contribution in [3.8, 4) is 6.07 Å². The van der Waals surface area contributed by atoms with Crippen molar-refractivity contribution >= 4 is 0 Å². The molecular formula is C15H21N. The fourth-order valence-electron chi connectivity index (χ4n) is 4.91. The second-order valence-corrected chi connectivity index (χ2v) is 6.14. The average Bonchev–Trinajstić information content (AvgIpc) is 2.26. The predicted octanol–water partition coefficient (Wildman–Crippen LogP) is 3.92. The first kappa shape index (κ1) is 10.4. The number of hydrogen-bond donors (Lipinski definition) is 0. The molecule has 0 saturated heterocycles. The molecule has 0 N–H and O–H groups in total. The maximum absolute atomic E-state index is 9.32. The minimum atomic E-state index is 0.637. The molecule has 86 valence electrons. The van der Waals surface area contributed by atoms with Gasteiger partial charge in [0.05, 0.1) is 6.07 Å². The number of allylic oxidation sites excluding steroid dienone is 2. The van der Waals surface area contributed by atoms with E-state index in [1.807, 2.05) is 0 Å². The Morgan fingerprint density at radius 2 is 1.69 bits per heavy atom. The fourth-order valence-corrected chi connectivity index (χ4v) is 4.91. The van der Waals surface area contributed by atoms with E-state index in [0.29, 0.717) is 5.92 Å². The third-order valence-electron chi connectivity index (χ3n) is 5.14. The normalized spacial score (nSPS) is 45.8. The summed E-state index contributed by atoms with van der Waals surface area (Å²) in [6.45, 7) is 2.15. The summed E-state index contributed by atoms with van der Waals surface area (Å²) in [4.78, 5) is 0. The first-order valence-corrected chi connectivity index (χ1v) is 6.92. The van der Waals surface area contributed by atoms with Gasteiger partial charge in [-0.2, -0.15) is 5.26 Å². The van der Waals surface area contributed by atoms with E-state index in [2.05, 4.69) is 19.1 Å². The highest BCUT2D eigenvalue weighted by molar-refractivity contribution is 5.27. The van der Waals surface area contributed by atoms with Crippen LogP contribution in [0.4, 0.5) is 0 Å². The average molecular weight is 215 g/mol. The van der Waals surface area contributed by atoms with Crippen LogP contribution >= 0.6 is 0 Å². The Labute approximate surface area is 98.5 Å². The molecule has 0 atom stereocenters. The molecule has 0 aromatic carbocycles. The Kier molecular flexibility index (Phi) is 2.54. The van der Waals surface area contributed by atoms with Gasteiger partial charge in [0.1, 0.15) is 0 Å². The van der Waals surface area contributed by atoms with Gasteiger partial charge in [-0.3, -0.25) is 0 Å². The van der Waals surface area contributed by atoms with Crippen molar-refractivity contribution in [2.75, 3.05) is 0 Å². The van der Waals surface area contributed by atoms with Crippen LogP contribution in [-0.4, -0.2) is 0 Å².